The van der Waals surface area contributed by atoms with Gasteiger partial charge in [-0.25, -0.2) is 0 Å². The van der Waals surface area contributed by atoms with Gasteiger partial charge in [-0.05, 0) is 51.4 Å². The number of hydrogen-bond acceptors (Lipinski definition) is 3. The van der Waals surface area contributed by atoms with E-state index in [9.17, 15) is 0 Å². The summed E-state index contributed by atoms with van der Waals surface area (Å²) in [6.07, 6.45) is 3.20. The van der Waals surface area contributed by atoms with Crippen LogP contribution in [-0.2, 0) is 11.2 Å². The Hall–Kier alpha value is -1.06. The third kappa shape index (κ3) is 7.19. The van der Waals surface area contributed by atoms with Crippen LogP contribution in [0.2, 0.25) is 0 Å². The van der Waals surface area contributed by atoms with Crippen LogP contribution in [0.4, 0.5) is 0 Å². The molecule has 0 fully saturated rings. The average molecular weight is 265 g/mol. The number of benzene rings is 1. The van der Waals surface area contributed by atoms with E-state index in [4.69, 9.17) is 9.47 Å². The highest BCUT2D eigenvalue weighted by Gasteiger charge is 2.00. The van der Waals surface area contributed by atoms with E-state index in [1.54, 1.807) is 0 Å². The molecule has 108 valence electrons. The first-order valence-electron chi connectivity index (χ1n) is 7.23. The Kier molecular flexibility index (Phi) is 8.26. The van der Waals surface area contributed by atoms with Gasteiger partial charge in [-0.1, -0.05) is 12.1 Å². The Morgan fingerprint density at radius 3 is 2.53 bits per heavy atom. The van der Waals surface area contributed by atoms with Crippen LogP contribution in [0.15, 0.2) is 24.3 Å². The number of rotatable bonds is 10. The molecule has 0 aliphatic rings. The quantitative estimate of drug-likeness (QED) is 0.660. The molecule has 3 nitrogen and oxygen atoms in total. The normalized spacial score (nSPS) is 12.4. The van der Waals surface area contributed by atoms with Crippen molar-refractivity contribution in [2.24, 2.45) is 0 Å². The second kappa shape index (κ2) is 9.82. The van der Waals surface area contributed by atoms with Crippen LogP contribution >= 0.6 is 0 Å². The molecule has 1 N–H and O–H groups in total. The summed E-state index contributed by atoms with van der Waals surface area (Å²) in [7, 11) is 2.00. The second-order valence-corrected chi connectivity index (χ2v) is 4.77. The van der Waals surface area contributed by atoms with Crippen LogP contribution < -0.4 is 10.1 Å². The monoisotopic (exact) mass is 265 g/mol. The number of nitrogens with one attached hydrogen (secondary N) is 1. The van der Waals surface area contributed by atoms with Crippen molar-refractivity contribution in [2.45, 2.75) is 39.2 Å². The van der Waals surface area contributed by atoms with Gasteiger partial charge in [0.25, 0.3) is 0 Å². The SMILES string of the molecule is CCOCCCOc1ccc(CCC(C)NC)cc1. The third-order valence-electron chi connectivity index (χ3n) is 3.19. The van der Waals surface area contributed by atoms with E-state index in [1.165, 1.54) is 5.56 Å². The van der Waals surface area contributed by atoms with Gasteiger partial charge in [0, 0.05) is 25.7 Å². The molecular weight excluding hydrogens is 238 g/mol. The van der Waals surface area contributed by atoms with E-state index in [2.05, 4.69) is 36.5 Å². The second-order valence-electron chi connectivity index (χ2n) is 4.77. The van der Waals surface area contributed by atoms with E-state index < -0.39 is 0 Å². The maximum Gasteiger partial charge on any atom is 0.119 e. The average Bonchev–Trinajstić information content (AvgIpc) is 2.45. The fraction of sp³-hybridized carbons (Fsp3) is 0.625. The molecule has 0 spiro atoms. The topological polar surface area (TPSA) is 30.5 Å². The molecule has 0 amide bonds. The van der Waals surface area contributed by atoms with Crippen LogP contribution in [-0.4, -0.2) is 32.9 Å². The smallest absolute Gasteiger partial charge is 0.119 e. The Balaban J connectivity index is 2.23. The fourth-order valence-corrected chi connectivity index (χ4v) is 1.78. The highest BCUT2D eigenvalue weighted by molar-refractivity contribution is 5.27. The molecular formula is C16H27NO2. The van der Waals surface area contributed by atoms with Gasteiger partial charge in [0.1, 0.15) is 5.75 Å². The molecule has 1 aromatic carbocycles. The molecule has 3 heteroatoms. The number of ether oxygens (including phenoxy) is 2. The predicted molar refractivity (Wildman–Crippen MR) is 79.9 cm³/mol. The lowest BCUT2D eigenvalue weighted by Gasteiger charge is -2.10. The summed E-state index contributed by atoms with van der Waals surface area (Å²) in [6.45, 7) is 6.48. The first-order chi connectivity index (χ1) is 9.26. The molecule has 0 aromatic heterocycles. The Bertz CT molecular complexity index is 324. The van der Waals surface area contributed by atoms with Crippen molar-refractivity contribution in [1.29, 1.82) is 0 Å². The van der Waals surface area contributed by atoms with Crippen LogP contribution in [0.3, 0.4) is 0 Å². The summed E-state index contributed by atoms with van der Waals surface area (Å²) in [5, 5.41) is 3.25. The summed E-state index contributed by atoms with van der Waals surface area (Å²) >= 11 is 0. The zero-order valence-corrected chi connectivity index (χ0v) is 12.4. The summed E-state index contributed by atoms with van der Waals surface area (Å²) in [4.78, 5) is 0. The fourth-order valence-electron chi connectivity index (χ4n) is 1.78. The Labute approximate surface area is 117 Å². The molecule has 1 unspecified atom stereocenters. The largest absolute Gasteiger partial charge is 0.494 e. The van der Waals surface area contributed by atoms with Gasteiger partial charge in [-0.15, -0.1) is 0 Å². The molecule has 0 aliphatic heterocycles. The molecule has 0 radical (unpaired) electrons. The minimum Gasteiger partial charge on any atom is -0.494 e. The molecule has 19 heavy (non-hydrogen) atoms. The molecule has 1 aromatic rings. The lowest BCUT2D eigenvalue weighted by atomic mass is 10.1. The summed E-state index contributed by atoms with van der Waals surface area (Å²) in [6, 6.07) is 8.98. The maximum absolute atomic E-state index is 5.66. The minimum atomic E-state index is 0.564. The highest BCUT2D eigenvalue weighted by atomic mass is 16.5. The molecule has 0 heterocycles. The lowest BCUT2D eigenvalue weighted by Crippen LogP contribution is -2.21. The van der Waals surface area contributed by atoms with E-state index in [0.29, 0.717) is 6.04 Å². The molecule has 0 aliphatic carbocycles. The first-order valence-corrected chi connectivity index (χ1v) is 7.23. The Morgan fingerprint density at radius 1 is 1.16 bits per heavy atom. The van der Waals surface area contributed by atoms with Crippen molar-refractivity contribution >= 4 is 0 Å². The highest BCUT2D eigenvalue weighted by Crippen LogP contribution is 2.14. The van der Waals surface area contributed by atoms with E-state index >= 15 is 0 Å². The van der Waals surface area contributed by atoms with E-state index in [0.717, 1.165) is 44.8 Å². The van der Waals surface area contributed by atoms with Crippen LogP contribution in [0.1, 0.15) is 32.3 Å². The van der Waals surface area contributed by atoms with Gasteiger partial charge in [-0.2, -0.15) is 0 Å². The molecule has 0 bridgehead atoms. The number of hydrogen-bond donors (Lipinski definition) is 1. The predicted octanol–water partition coefficient (Wildman–Crippen LogP) is 3.03. The van der Waals surface area contributed by atoms with Gasteiger partial charge in [-0.3, -0.25) is 0 Å². The van der Waals surface area contributed by atoms with Gasteiger partial charge < -0.3 is 14.8 Å². The van der Waals surface area contributed by atoms with Crippen molar-refractivity contribution in [3.63, 3.8) is 0 Å². The van der Waals surface area contributed by atoms with Crippen molar-refractivity contribution < 1.29 is 9.47 Å². The maximum atomic E-state index is 5.66. The van der Waals surface area contributed by atoms with Crippen molar-refractivity contribution in [3.05, 3.63) is 29.8 Å². The zero-order chi connectivity index (χ0) is 13.9. The zero-order valence-electron chi connectivity index (χ0n) is 12.4. The lowest BCUT2D eigenvalue weighted by molar-refractivity contribution is 0.131. The van der Waals surface area contributed by atoms with Gasteiger partial charge in [0.15, 0.2) is 0 Å². The van der Waals surface area contributed by atoms with E-state index in [-0.39, 0.29) is 0 Å². The standard InChI is InChI=1S/C16H27NO2/c1-4-18-12-5-13-19-16-10-8-15(9-11-16)7-6-14(2)17-3/h8-11,14,17H,4-7,12-13H2,1-3H3. The van der Waals surface area contributed by atoms with Crippen molar-refractivity contribution in [1.82, 2.24) is 5.32 Å². The summed E-state index contributed by atoms with van der Waals surface area (Å²) < 4.78 is 10.9. The van der Waals surface area contributed by atoms with Gasteiger partial charge >= 0.3 is 0 Å². The van der Waals surface area contributed by atoms with Gasteiger partial charge in [0.2, 0.25) is 0 Å². The minimum absolute atomic E-state index is 0.564. The van der Waals surface area contributed by atoms with Crippen LogP contribution in [0, 0.1) is 0 Å². The van der Waals surface area contributed by atoms with E-state index in [1.807, 2.05) is 14.0 Å². The number of aryl methyl sites for hydroxylation is 1. The summed E-state index contributed by atoms with van der Waals surface area (Å²) in [5.41, 5.74) is 1.36. The molecule has 1 atom stereocenters. The van der Waals surface area contributed by atoms with Crippen LogP contribution in [0.25, 0.3) is 0 Å². The van der Waals surface area contributed by atoms with Crippen molar-refractivity contribution in [3.8, 4) is 5.75 Å². The van der Waals surface area contributed by atoms with Gasteiger partial charge in [0.05, 0.1) is 6.61 Å². The molecule has 1 rings (SSSR count). The molecule has 0 saturated heterocycles. The third-order valence-corrected chi connectivity index (χ3v) is 3.19. The van der Waals surface area contributed by atoms with Crippen LogP contribution in [0.5, 0.6) is 5.75 Å². The summed E-state index contributed by atoms with van der Waals surface area (Å²) in [5.74, 6) is 0.946. The Morgan fingerprint density at radius 2 is 1.89 bits per heavy atom. The van der Waals surface area contributed by atoms with Crippen molar-refractivity contribution in [2.75, 3.05) is 26.9 Å². The first kappa shape index (κ1) is 16.0. The molecule has 0 saturated carbocycles.